The van der Waals surface area contributed by atoms with Crippen LogP contribution >= 0.6 is 27.5 Å². The molecule has 0 fully saturated rings. The Bertz CT molecular complexity index is 649. The molecule has 0 aliphatic heterocycles. The number of halogens is 3. The quantitative estimate of drug-likeness (QED) is 0.807. The van der Waals surface area contributed by atoms with E-state index in [1.165, 1.54) is 12.1 Å². The van der Waals surface area contributed by atoms with Gasteiger partial charge in [0.25, 0.3) is 5.91 Å². The number of carbonyl (C=O) groups excluding carboxylic acids is 1. The highest BCUT2D eigenvalue weighted by atomic mass is 79.9. The van der Waals surface area contributed by atoms with E-state index in [2.05, 4.69) is 21.2 Å². The van der Waals surface area contributed by atoms with Crippen molar-refractivity contribution in [2.75, 3.05) is 11.1 Å². The Labute approximate surface area is 122 Å². The van der Waals surface area contributed by atoms with Gasteiger partial charge in [0.05, 0.1) is 10.6 Å². The SMILES string of the molecule is Nc1ccc(F)cc1C(=O)Nc1ccc(Cl)c(Br)c1. The maximum absolute atomic E-state index is 13.1. The zero-order valence-corrected chi connectivity index (χ0v) is 11.9. The summed E-state index contributed by atoms with van der Waals surface area (Å²) >= 11 is 9.10. The van der Waals surface area contributed by atoms with Crippen LogP contribution in [0.2, 0.25) is 5.02 Å². The molecule has 0 spiro atoms. The number of nitrogen functional groups attached to an aromatic ring is 1. The number of benzene rings is 2. The van der Waals surface area contributed by atoms with Gasteiger partial charge in [-0.3, -0.25) is 4.79 Å². The lowest BCUT2D eigenvalue weighted by atomic mass is 10.1. The third kappa shape index (κ3) is 3.24. The lowest BCUT2D eigenvalue weighted by Gasteiger charge is -2.08. The molecule has 0 aliphatic carbocycles. The zero-order valence-electron chi connectivity index (χ0n) is 9.58. The van der Waals surface area contributed by atoms with Crippen molar-refractivity contribution >= 4 is 44.8 Å². The predicted octanol–water partition coefficient (Wildman–Crippen LogP) is 4.08. The van der Waals surface area contributed by atoms with Crippen LogP contribution in [-0.2, 0) is 0 Å². The van der Waals surface area contributed by atoms with Crippen LogP contribution in [0, 0.1) is 5.82 Å². The summed E-state index contributed by atoms with van der Waals surface area (Å²) in [7, 11) is 0. The minimum absolute atomic E-state index is 0.0890. The Kier molecular flexibility index (Phi) is 4.07. The molecule has 0 bridgehead atoms. The number of nitrogens with one attached hydrogen (secondary N) is 1. The summed E-state index contributed by atoms with van der Waals surface area (Å²) in [6, 6.07) is 8.56. The van der Waals surface area contributed by atoms with Gasteiger partial charge in [0.15, 0.2) is 0 Å². The van der Waals surface area contributed by atoms with Crippen molar-refractivity contribution in [2.24, 2.45) is 0 Å². The molecule has 0 atom stereocenters. The number of amides is 1. The van der Waals surface area contributed by atoms with Crippen molar-refractivity contribution in [2.45, 2.75) is 0 Å². The summed E-state index contributed by atoms with van der Waals surface area (Å²) in [4.78, 5) is 12.0. The molecule has 0 heterocycles. The minimum atomic E-state index is -0.517. The van der Waals surface area contributed by atoms with Crippen LogP contribution in [0.5, 0.6) is 0 Å². The van der Waals surface area contributed by atoms with Crippen LogP contribution in [-0.4, -0.2) is 5.91 Å². The van der Waals surface area contributed by atoms with Gasteiger partial charge in [-0.2, -0.15) is 0 Å². The van der Waals surface area contributed by atoms with Crippen molar-refractivity contribution < 1.29 is 9.18 Å². The van der Waals surface area contributed by atoms with Gasteiger partial charge < -0.3 is 11.1 Å². The lowest BCUT2D eigenvalue weighted by Crippen LogP contribution is -2.14. The highest BCUT2D eigenvalue weighted by Gasteiger charge is 2.11. The van der Waals surface area contributed by atoms with Gasteiger partial charge in [0.1, 0.15) is 5.82 Å². The lowest BCUT2D eigenvalue weighted by molar-refractivity contribution is 0.102. The molecule has 2 rings (SSSR count). The topological polar surface area (TPSA) is 55.1 Å². The molecule has 0 aliphatic rings. The van der Waals surface area contributed by atoms with Crippen LogP contribution in [0.25, 0.3) is 0 Å². The molecule has 0 saturated carbocycles. The molecule has 3 nitrogen and oxygen atoms in total. The van der Waals surface area contributed by atoms with Gasteiger partial charge in [0, 0.05) is 15.8 Å². The van der Waals surface area contributed by atoms with E-state index in [0.29, 0.717) is 15.2 Å². The molecule has 19 heavy (non-hydrogen) atoms. The molecule has 3 N–H and O–H groups in total. The van der Waals surface area contributed by atoms with E-state index in [1.54, 1.807) is 18.2 Å². The summed E-state index contributed by atoms with van der Waals surface area (Å²) in [5.41, 5.74) is 6.48. The van der Waals surface area contributed by atoms with E-state index in [1.807, 2.05) is 0 Å². The average Bonchev–Trinajstić information content (AvgIpc) is 2.36. The van der Waals surface area contributed by atoms with E-state index in [4.69, 9.17) is 17.3 Å². The van der Waals surface area contributed by atoms with E-state index in [9.17, 15) is 9.18 Å². The minimum Gasteiger partial charge on any atom is -0.398 e. The monoisotopic (exact) mass is 342 g/mol. The van der Waals surface area contributed by atoms with Gasteiger partial charge in [-0.15, -0.1) is 0 Å². The smallest absolute Gasteiger partial charge is 0.257 e. The van der Waals surface area contributed by atoms with Gasteiger partial charge in [-0.25, -0.2) is 4.39 Å². The van der Waals surface area contributed by atoms with Gasteiger partial charge in [-0.1, -0.05) is 11.6 Å². The number of hydrogen-bond acceptors (Lipinski definition) is 2. The first-order chi connectivity index (χ1) is 8.97. The highest BCUT2D eigenvalue weighted by Crippen LogP contribution is 2.26. The fourth-order valence-corrected chi connectivity index (χ4v) is 1.99. The van der Waals surface area contributed by atoms with E-state index in [0.717, 1.165) is 6.07 Å². The summed E-state index contributed by atoms with van der Waals surface area (Å²) < 4.78 is 13.8. The number of carbonyl (C=O) groups is 1. The highest BCUT2D eigenvalue weighted by molar-refractivity contribution is 9.10. The number of anilines is 2. The largest absolute Gasteiger partial charge is 0.398 e. The molecule has 98 valence electrons. The number of nitrogens with two attached hydrogens (primary N) is 1. The third-order valence-corrected chi connectivity index (χ3v) is 3.65. The molecule has 0 aromatic heterocycles. The summed E-state index contributed by atoms with van der Waals surface area (Å²) in [5.74, 6) is -0.997. The van der Waals surface area contributed by atoms with E-state index in [-0.39, 0.29) is 11.3 Å². The van der Waals surface area contributed by atoms with Crippen LogP contribution < -0.4 is 11.1 Å². The second-order valence-electron chi connectivity index (χ2n) is 3.81. The molecule has 6 heteroatoms. The van der Waals surface area contributed by atoms with E-state index < -0.39 is 11.7 Å². The molecular weight excluding hydrogens is 335 g/mol. The van der Waals surface area contributed by atoms with Crippen molar-refractivity contribution in [1.82, 2.24) is 0 Å². The van der Waals surface area contributed by atoms with Gasteiger partial charge in [-0.05, 0) is 52.3 Å². The first-order valence-corrected chi connectivity index (χ1v) is 6.46. The van der Waals surface area contributed by atoms with Gasteiger partial charge in [0.2, 0.25) is 0 Å². The van der Waals surface area contributed by atoms with Crippen molar-refractivity contribution in [1.29, 1.82) is 0 Å². The molecule has 2 aromatic rings. The van der Waals surface area contributed by atoms with E-state index >= 15 is 0 Å². The van der Waals surface area contributed by atoms with Crippen molar-refractivity contribution in [3.8, 4) is 0 Å². The summed E-state index contributed by atoms with van der Waals surface area (Å²) in [6.45, 7) is 0. The Morgan fingerprint density at radius 3 is 2.68 bits per heavy atom. The molecule has 1 amide bonds. The second-order valence-corrected chi connectivity index (χ2v) is 5.08. The third-order valence-electron chi connectivity index (χ3n) is 2.44. The first kappa shape index (κ1) is 13.8. The van der Waals surface area contributed by atoms with Crippen molar-refractivity contribution in [3.05, 3.63) is 57.3 Å². The normalized spacial score (nSPS) is 10.3. The Morgan fingerprint density at radius 1 is 1.26 bits per heavy atom. The standard InChI is InChI=1S/C13H9BrClFN2O/c14-10-6-8(2-3-11(10)15)18-13(19)9-5-7(16)1-4-12(9)17/h1-6H,17H2,(H,18,19). The van der Waals surface area contributed by atoms with Crippen molar-refractivity contribution in [3.63, 3.8) is 0 Å². The zero-order chi connectivity index (χ0) is 14.0. The van der Waals surface area contributed by atoms with Crippen LogP contribution in [0.1, 0.15) is 10.4 Å². The average molecular weight is 344 g/mol. The summed E-state index contributed by atoms with van der Waals surface area (Å²) in [6.07, 6.45) is 0. The Hall–Kier alpha value is -1.59. The Balaban J connectivity index is 2.25. The molecule has 0 unspecified atom stereocenters. The molecular formula is C13H9BrClFN2O. The fraction of sp³-hybridized carbons (Fsp3) is 0. The van der Waals surface area contributed by atoms with Crippen LogP contribution in [0.4, 0.5) is 15.8 Å². The second kappa shape index (κ2) is 5.59. The maximum Gasteiger partial charge on any atom is 0.257 e. The number of hydrogen-bond donors (Lipinski definition) is 2. The van der Waals surface area contributed by atoms with Crippen LogP contribution in [0.3, 0.4) is 0 Å². The predicted molar refractivity (Wildman–Crippen MR) is 77.9 cm³/mol. The molecule has 0 saturated heterocycles. The molecule has 0 radical (unpaired) electrons. The molecule has 2 aromatic carbocycles. The van der Waals surface area contributed by atoms with Gasteiger partial charge >= 0.3 is 0 Å². The maximum atomic E-state index is 13.1. The van der Waals surface area contributed by atoms with Crippen LogP contribution in [0.15, 0.2) is 40.9 Å². The number of rotatable bonds is 2. The first-order valence-electron chi connectivity index (χ1n) is 5.29. The fourth-order valence-electron chi connectivity index (χ4n) is 1.50. The Morgan fingerprint density at radius 2 is 2.00 bits per heavy atom. The summed E-state index contributed by atoms with van der Waals surface area (Å²) in [5, 5.41) is 3.15.